The van der Waals surface area contributed by atoms with Gasteiger partial charge in [0, 0.05) is 24.7 Å². The summed E-state index contributed by atoms with van der Waals surface area (Å²) < 4.78 is 45.6. The molecular weight excluding hydrogens is 511 g/mol. The molecule has 2 aliphatic heterocycles. The highest BCUT2D eigenvalue weighted by molar-refractivity contribution is 7.92. The number of hydrogen-bond acceptors (Lipinski definition) is 6. The molecule has 2 atom stereocenters. The van der Waals surface area contributed by atoms with Gasteiger partial charge in [0.05, 0.1) is 42.3 Å². The van der Waals surface area contributed by atoms with E-state index in [1.807, 2.05) is 31.2 Å². The molecule has 2 aliphatic rings. The summed E-state index contributed by atoms with van der Waals surface area (Å²) in [5.41, 5.74) is 9.03. The van der Waals surface area contributed by atoms with E-state index in [0.29, 0.717) is 17.7 Å². The van der Waals surface area contributed by atoms with E-state index in [9.17, 15) is 18.0 Å². The number of aromatic nitrogens is 2. The molecule has 0 saturated carbocycles. The molecule has 200 valence electrons. The molecule has 0 bridgehead atoms. The van der Waals surface area contributed by atoms with Crippen LogP contribution in [0.4, 0.5) is 4.39 Å². The largest absolute Gasteiger partial charge is 0.486 e. The Morgan fingerprint density at radius 1 is 1.13 bits per heavy atom. The van der Waals surface area contributed by atoms with Crippen LogP contribution in [-0.2, 0) is 21.1 Å². The van der Waals surface area contributed by atoms with E-state index in [2.05, 4.69) is 5.10 Å². The molecule has 2 N–H and O–H groups in total. The average Bonchev–Trinajstić information content (AvgIpc) is 3.35. The molecule has 9 nitrogen and oxygen atoms in total. The monoisotopic (exact) mass is 540 g/mol. The van der Waals surface area contributed by atoms with Gasteiger partial charge in [-0.2, -0.15) is 5.10 Å². The third-order valence-electron chi connectivity index (χ3n) is 7.04. The SMILES string of the molecule is Cc1ccc(CC(=O)N2CC[C@H](Oc3ccc(-c4cnn(C5CS(=O)(=O)C5)c4)cc3C(N)=O)[C@H](F)C2)cc1. The van der Waals surface area contributed by atoms with E-state index >= 15 is 4.39 Å². The first-order chi connectivity index (χ1) is 18.1. The molecule has 0 unspecified atom stereocenters. The molecule has 2 fully saturated rings. The molecule has 0 aliphatic carbocycles. The minimum atomic E-state index is -2.99. The van der Waals surface area contributed by atoms with Crippen molar-refractivity contribution in [3.63, 3.8) is 0 Å². The summed E-state index contributed by atoms with van der Waals surface area (Å²) in [7, 11) is -2.99. The fraction of sp³-hybridized carbons (Fsp3) is 0.370. The number of piperidine rings is 1. The maximum Gasteiger partial charge on any atom is 0.252 e. The van der Waals surface area contributed by atoms with Crippen LogP contribution >= 0.6 is 0 Å². The molecule has 2 amide bonds. The Hall–Kier alpha value is -3.73. The van der Waals surface area contributed by atoms with Gasteiger partial charge in [-0.3, -0.25) is 14.3 Å². The zero-order chi connectivity index (χ0) is 27.0. The number of alkyl halides is 1. The highest BCUT2D eigenvalue weighted by Crippen LogP contribution is 2.31. The minimum Gasteiger partial charge on any atom is -0.486 e. The first-order valence-corrected chi connectivity index (χ1v) is 14.2. The van der Waals surface area contributed by atoms with Crippen LogP contribution < -0.4 is 10.5 Å². The quantitative estimate of drug-likeness (QED) is 0.491. The lowest BCUT2D eigenvalue weighted by atomic mass is 10.0. The van der Waals surface area contributed by atoms with Crippen molar-refractivity contribution >= 4 is 21.7 Å². The first-order valence-electron chi connectivity index (χ1n) is 12.4. The molecule has 0 spiro atoms. The van der Waals surface area contributed by atoms with Crippen LogP contribution in [-0.4, -0.2) is 71.8 Å². The number of primary amides is 1. The smallest absolute Gasteiger partial charge is 0.252 e. The van der Waals surface area contributed by atoms with Gasteiger partial charge in [-0.05, 0) is 30.2 Å². The highest BCUT2D eigenvalue weighted by Gasteiger charge is 2.36. The number of nitrogens with two attached hydrogens (primary N) is 1. The predicted molar refractivity (Wildman–Crippen MR) is 139 cm³/mol. The molecule has 3 aromatic rings. The van der Waals surface area contributed by atoms with Crippen LogP contribution in [0, 0.1) is 6.92 Å². The number of carbonyl (C=O) groups is 2. The van der Waals surface area contributed by atoms with Gasteiger partial charge >= 0.3 is 0 Å². The van der Waals surface area contributed by atoms with Crippen molar-refractivity contribution in [2.45, 2.75) is 38.1 Å². The van der Waals surface area contributed by atoms with Crippen molar-refractivity contribution < 1.29 is 27.1 Å². The van der Waals surface area contributed by atoms with Gasteiger partial charge in [-0.25, -0.2) is 12.8 Å². The molecule has 2 saturated heterocycles. The highest BCUT2D eigenvalue weighted by atomic mass is 32.2. The Bertz CT molecular complexity index is 1460. The van der Waals surface area contributed by atoms with Gasteiger partial charge in [-0.1, -0.05) is 35.9 Å². The summed E-state index contributed by atoms with van der Waals surface area (Å²) >= 11 is 0. The molecule has 11 heteroatoms. The lowest BCUT2D eigenvalue weighted by Crippen LogP contribution is -2.49. The molecule has 5 rings (SSSR count). The van der Waals surface area contributed by atoms with E-state index in [0.717, 1.165) is 11.1 Å². The van der Waals surface area contributed by atoms with E-state index in [4.69, 9.17) is 10.5 Å². The second-order valence-electron chi connectivity index (χ2n) is 9.98. The third-order valence-corrected chi connectivity index (χ3v) is 8.82. The van der Waals surface area contributed by atoms with Crippen molar-refractivity contribution in [3.8, 4) is 16.9 Å². The summed E-state index contributed by atoms with van der Waals surface area (Å²) in [6.45, 7) is 2.23. The minimum absolute atomic E-state index is 0.0498. The Morgan fingerprint density at radius 3 is 2.53 bits per heavy atom. The molecule has 3 heterocycles. The Labute approximate surface area is 220 Å². The van der Waals surface area contributed by atoms with Gasteiger partial charge in [-0.15, -0.1) is 0 Å². The topological polar surface area (TPSA) is 125 Å². The summed E-state index contributed by atoms with van der Waals surface area (Å²) in [5.74, 6) is -0.592. The van der Waals surface area contributed by atoms with Crippen LogP contribution in [0.25, 0.3) is 11.1 Å². The number of rotatable bonds is 7. The summed E-state index contributed by atoms with van der Waals surface area (Å²) in [6, 6.07) is 12.3. The van der Waals surface area contributed by atoms with Gasteiger partial charge in [0.25, 0.3) is 5.91 Å². The third kappa shape index (κ3) is 5.57. The second kappa shape index (κ2) is 10.2. The number of ether oxygens (including phenoxy) is 1. The number of hydrogen-bond donors (Lipinski definition) is 1. The number of nitrogens with zero attached hydrogens (tertiary/aromatic N) is 3. The number of halogens is 1. The number of carbonyl (C=O) groups excluding carboxylic acids is 2. The molecule has 0 radical (unpaired) electrons. The summed E-state index contributed by atoms with van der Waals surface area (Å²) in [5, 5.41) is 4.26. The van der Waals surface area contributed by atoms with E-state index in [1.165, 1.54) is 4.90 Å². The van der Waals surface area contributed by atoms with Crippen molar-refractivity contribution in [2.24, 2.45) is 5.73 Å². The zero-order valence-electron chi connectivity index (χ0n) is 20.9. The van der Waals surface area contributed by atoms with Crippen LogP contribution in [0.15, 0.2) is 54.9 Å². The fourth-order valence-corrected chi connectivity index (χ4v) is 6.16. The van der Waals surface area contributed by atoms with Crippen LogP contribution in [0.2, 0.25) is 0 Å². The Kier molecular flexibility index (Phi) is 6.95. The first kappa shape index (κ1) is 25.9. The number of likely N-dealkylation sites (tertiary alicyclic amines) is 1. The van der Waals surface area contributed by atoms with Gasteiger partial charge in [0.1, 0.15) is 11.9 Å². The lowest BCUT2D eigenvalue weighted by molar-refractivity contribution is -0.134. The maximum atomic E-state index is 15.1. The van der Waals surface area contributed by atoms with Gasteiger partial charge in [0.2, 0.25) is 5.91 Å². The van der Waals surface area contributed by atoms with E-state index < -0.39 is 28.0 Å². The maximum absolute atomic E-state index is 15.1. The number of aryl methyl sites for hydroxylation is 1. The van der Waals surface area contributed by atoms with Gasteiger partial charge < -0.3 is 15.4 Å². The van der Waals surface area contributed by atoms with Crippen molar-refractivity contribution in [2.75, 3.05) is 24.6 Å². The van der Waals surface area contributed by atoms with Gasteiger partial charge in [0.15, 0.2) is 16.0 Å². The predicted octanol–water partition coefficient (Wildman–Crippen LogP) is 2.49. The molecule has 1 aromatic heterocycles. The van der Waals surface area contributed by atoms with Crippen LogP contribution in [0.1, 0.15) is 33.9 Å². The fourth-order valence-electron chi connectivity index (χ4n) is 4.78. The summed E-state index contributed by atoms with van der Waals surface area (Å²) in [6.07, 6.45) is 1.54. The lowest BCUT2D eigenvalue weighted by Gasteiger charge is -2.35. The van der Waals surface area contributed by atoms with Crippen LogP contribution in [0.3, 0.4) is 0 Å². The van der Waals surface area contributed by atoms with Crippen molar-refractivity contribution in [1.29, 1.82) is 0 Å². The van der Waals surface area contributed by atoms with E-state index in [1.54, 1.807) is 35.3 Å². The van der Waals surface area contributed by atoms with Crippen molar-refractivity contribution in [1.82, 2.24) is 14.7 Å². The standard InChI is InChI=1S/C27H29FN4O5S/c1-17-2-4-18(5-3-17)10-26(33)31-9-8-25(23(28)14-31)37-24-7-6-19(11-22(24)27(29)34)20-12-30-32(13-20)21-15-38(35,36)16-21/h2-7,11-13,21,23,25H,8-10,14-16H2,1H3,(H2,29,34)/t23-,25+/m1/s1. The number of amides is 2. The average molecular weight is 541 g/mol. The molecular formula is C27H29FN4O5S. The van der Waals surface area contributed by atoms with Crippen molar-refractivity contribution in [3.05, 3.63) is 71.5 Å². The molecule has 2 aromatic carbocycles. The number of benzene rings is 2. The second-order valence-corrected chi connectivity index (χ2v) is 12.1. The van der Waals surface area contributed by atoms with Crippen LogP contribution in [0.5, 0.6) is 5.75 Å². The zero-order valence-corrected chi connectivity index (χ0v) is 21.7. The van der Waals surface area contributed by atoms with E-state index in [-0.39, 0.29) is 54.2 Å². The molecule has 38 heavy (non-hydrogen) atoms. The number of sulfone groups is 1. The Morgan fingerprint density at radius 2 is 1.87 bits per heavy atom. The Balaban J connectivity index is 1.24. The normalized spacial score (nSPS) is 21.1. The summed E-state index contributed by atoms with van der Waals surface area (Å²) in [4.78, 5) is 26.4.